The van der Waals surface area contributed by atoms with E-state index in [-0.39, 0.29) is 0 Å². The monoisotopic (exact) mass is 1050 g/mol. The number of para-hydroxylation sites is 2. The predicted octanol–water partition coefficient (Wildman–Crippen LogP) is 6.23. The smallest absolute Gasteiger partial charge is 0.521 e. The van der Waals surface area contributed by atoms with Crippen molar-refractivity contribution in [3.63, 3.8) is 0 Å². The Balaban J connectivity index is 0.765. The summed E-state index contributed by atoms with van der Waals surface area (Å²) in [6.45, 7) is 12.4. The third-order valence-electron chi connectivity index (χ3n) is 19.8. The summed E-state index contributed by atoms with van der Waals surface area (Å²) in [6.07, 6.45) is 0. The fourth-order valence-corrected chi connectivity index (χ4v) is 16.6. The molecular weight excluding hydrogens is 1020 g/mol. The molecule has 0 saturated heterocycles. The zero-order chi connectivity index (χ0) is 52.5. The molecule has 0 amide bonds. The first-order valence-corrected chi connectivity index (χ1v) is 27.6. The molecule has 14 aliphatic heterocycles. The molecule has 0 unspecified atom stereocenters. The van der Waals surface area contributed by atoms with Crippen molar-refractivity contribution in [2.75, 3.05) is 0 Å². The van der Waals surface area contributed by atoms with Crippen LogP contribution in [0.2, 0.25) is 0 Å². The molecule has 14 heterocycles. The summed E-state index contributed by atoms with van der Waals surface area (Å²) in [7, 11) is -5.87. The number of hydrogen-bond acceptors (Lipinski definition) is 14. The van der Waals surface area contributed by atoms with E-state index in [2.05, 4.69) is 65.8 Å². The van der Waals surface area contributed by atoms with Gasteiger partial charge in [0.15, 0.2) is 0 Å². The van der Waals surface area contributed by atoms with Gasteiger partial charge in [-0.1, -0.05) is 42.5 Å². The number of fused-ring (bicyclic) bond motifs is 4. The highest BCUT2D eigenvalue weighted by Crippen LogP contribution is 2.64. The van der Waals surface area contributed by atoms with Crippen LogP contribution < -0.4 is 103 Å². The largest absolute Gasteiger partial charge is 0.634 e. The SMILES string of the molecule is Cc1cc2c3c4c1OB1Oc5c(C)c6c7c8c5-c5c(c(C)c(c-4c51)OB3Oc1ccccc1-2)OB8Oc1c(C)c2c3c(c1-7)B(Oc1c(C)c4c5c(c1-3)B(Oc1c(C)c3c7c(c1-5)B(Oc1ccc5c(c1-7)B(Oc1ccccc1-5)O3)O4)O2)O6. The fraction of sp³-hybridized carbons (Fsp3) is 0.100. The zero-order valence-electron chi connectivity index (χ0n) is 43.6. The third-order valence-corrected chi connectivity index (χ3v) is 19.8. The molecule has 14 aliphatic rings. The van der Waals surface area contributed by atoms with Gasteiger partial charge in [-0.3, -0.25) is 0 Å². The van der Waals surface area contributed by atoms with Crippen LogP contribution >= 0.6 is 0 Å². The zero-order valence-corrected chi connectivity index (χ0v) is 43.6. The Hall–Kier alpha value is -9.37. The lowest BCUT2D eigenvalue weighted by Gasteiger charge is -2.47. The summed E-state index contributed by atoms with van der Waals surface area (Å²) in [4.78, 5) is 0. The highest BCUT2D eigenvalue weighted by atomic mass is 16.6. The molecule has 9 aromatic carbocycles. The predicted molar refractivity (Wildman–Crippen MR) is 305 cm³/mol. The van der Waals surface area contributed by atoms with E-state index in [0.29, 0.717) is 63.2 Å². The Morgan fingerprint density at radius 1 is 0.222 bits per heavy atom. The first kappa shape index (κ1) is 40.8. The molecular formula is C60H29B7O14. The minimum Gasteiger partial charge on any atom is -0.521 e. The molecule has 0 N–H and O–H groups in total. The van der Waals surface area contributed by atoms with Gasteiger partial charge in [-0.05, 0) is 82.5 Å². The second kappa shape index (κ2) is 12.5. The number of hydrogen-bond donors (Lipinski definition) is 0. The second-order valence-corrected chi connectivity index (χ2v) is 23.5. The summed E-state index contributed by atoms with van der Waals surface area (Å²) < 4.78 is 99.8. The molecule has 0 aliphatic carbocycles. The maximum Gasteiger partial charge on any atom is 0.634 e. The molecule has 374 valence electrons. The molecule has 0 aromatic heterocycles. The number of benzene rings is 9. The molecule has 0 atom stereocenters. The van der Waals surface area contributed by atoms with E-state index in [9.17, 15) is 0 Å². The summed E-state index contributed by atoms with van der Waals surface area (Å²) in [5.74, 6) is 9.25. The van der Waals surface area contributed by atoms with Gasteiger partial charge in [0.1, 0.15) is 80.5 Å². The topological polar surface area (TPSA) is 129 Å². The highest BCUT2D eigenvalue weighted by molar-refractivity contribution is 6.79. The highest BCUT2D eigenvalue weighted by Gasteiger charge is 2.63. The van der Waals surface area contributed by atoms with E-state index in [0.717, 1.165) is 178 Å². The number of aryl methyl sites for hydroxylation is 1. The quantitative estimate of drug-likeness (QED) is 0.159. The minimum atomic E-state index is -0.928. The molecule has 0 radical (unpaired) electrons. The van der Waals surface area contributed by atoms with Crippen LogP contribution in [0.5, 0.6) is 80.5 Å². The van der Waals surface area contributed by atoms with Gasteiger partial charge >= 0.3 is 49.8 Å². The van der Waals surface area contributed by atoms with Crippen molar-refractivity contribution in [2.45, 2.75) is 41.5 Å². The first-order valence-electron chi connectivity index (χ1n) is 27.6. The normalized spacial score (nSPS) is 16.7. The van der Waals surface area contributed by atoms with Gasteiger partial charge in [0.25, 0.3) is 0 Å². The average Bonchev–Trinajstić information content (AvgIpc) is 1.74. The van der Waals surface area contributed by atoms with Crippen LogP contribution in [0, 0.1) is 41.5 Å². The lowest BCUT2D eigenvalue weighted by Crippen LogP contribution is -2.61. The summed E-state index contributed by atoms with van der Waals surface area (Å²) in [5.41, 5.74) is 25.9. The van der Waals surface area contributed by atoms with E-state index >= 15 is 0 Å². The molecule has 0 spiro atoms. The third kappa shape index (κ3) is 4.08. The van der Waals surface area contributed by atoms with Crippen LogP contribution in [0.1, 0.15) is 33.4 Å². The van der Waals surface area contributed by atoms with Crippen LogP contribution in [-0.2, 0) is 0 Å². The summed E-state index contributed by atoms with van der Waals surface area (Å²) in [6, 6.07) is 22.5. The average molecular weight is 1050 g/mol. The van der Waals surface area contributed by atoms with Crippen LogP contribution in [0.15, 0.2) is 66.7 Å². The lowest BCUT2D eigenvalue weighted by atomic mass is 9.53. The van der Waals surface area contributed by atoms with Gasteiger partial charge in [-0.15, -0.1) is 0 Å². The Morgan fingerprint density at radius 2 is 0.494 bits per heavy atom. The van der Waals surface area contributed by atoms with Crippen molar-refractivity contribution < 1.29 is 65.2 Å². The van der Waals surface area contributed by atoms with Crippen LogP contribution in [0.25, 0.3) is 89.0 Å². The fourth-order valence-electron chi connectivity index (χ4n) is 16.6. The molecule has 0 saturated carbocycles. The Morgan fingerprint density at radius 3 is 0.877 bits per heavy atom. The first-order chi connectivity index (χ1) is 39.7. The van der Waals surface area contributed by atoms with Crippen LogP contribution in [0.3, 0.4) is 0 Å². The Bertz CT molecular complexity index is 4950. The molecule has 0 fully saturated rings. The Kier molecular flexibility index (Phi) is 6.28. The Labute approximate surface area is 462 Å². The van der Waals surface area contributed by atoms with E-state index in [1.807, 2.05) is 42.5 Å². The summed E-state index contributed by atoms with van der Waals surface area (Å²) in [5, 5.41) is 0. The minimum absolute atomic E-state index is 0.607. The van der Waals surface area contributed by atoms with Crippen molar-refractivity contribution in [3.8, 4) is 170 Å². The summed E-state index contributed by atoms with van der Waals surface area (Å²) >= 11 is 0. The molecule has 0 bridgehead atoms. The van der Waals surface area contributed by atoms with Gasteiger partial charge in [0, 0.05) is 144 Å². The second-order valence-electron chi connectivity index (χ2n) is 23.5. The lowest BCUT2D eigenvalue weighted by molar-refractivity contribution is 0.391. The van der Waals surface area contributed by atoms with Crippen molar-refractivity contribution in [3.05, 3.63) is 100 Å². The van der Waals surface area contributed by atoms with Crippen molar-refractivity contribution in [1.29, 1.82) is 0 Å². The van der Waals surface area contributed by atoms with Crippen LogP contribution in [-0.4, -0.2) is 49.8 Å². The van der Waals surface area contributed by atoms with Crippen molar-refractivity contribution in [1.82, 2.24) is 0 Å². The van der Waals surface area contributed by atoms with Crippen molar-refractivity contribution >= 4 is 88.1 Å². The van der Waals surface area contributed by atoms with E-state index in [1.54, 1.807) is 0 Å². The van der Waals surface area contributed by atoms with Crippen molar-refractivity contribution in [2.24, 2.45) is 0 Å². The maximum absolute atomic E-state index is 7.34. The van der Waals surface area contributed by atoms with Crippen LogP contribution in [0.4, 0.5) is 0 Å². The molecule has 14 nitrogen and oxygen atoms in total. The maximum atomic E-state index is 7.34. The van der Waals surface area contributed by atoms with Gasteiger partial charge < -0.3 is 65.2 Å². The molecule has 23 rings (SSSR count). The molecule has 81 heavy (non-hydrogen) atoms. The van der Waals surface area contributed by atoms with E-state index < -0.39 is 49.8 Å². The van der Waals surface area contributed by atoms with E-state index in [1.165, 1.54) is 0 Å². The standard InChI is InChI=1S/C60H29B7O14/c1-18-17-27-25-12-8-10-14-29(25)69-62-44(27)33-34-46-37-38-48-41-42-49-40-39-47-36-35-45-32-31-30(70-63(45)74-53(36)21(4)57(39)78-67(49)79-58(41)22(5)55(38)75-64(46)71-50(18)33)16-15-26-24-11-7-9-13-28(24)68-61(43(26)31)72-51(32)19(2)54(35)76-65(47)80-59(40)23(6)60(42)81-66(48)77-56(37)20(3)52(34)73-62/h7-17H,1-6H3. The van der Waals surface area contributed by atoms with E-state index in [4.69, 9.17) is 65.2 Å². The molecule has 21 heteroatoms. The number of rotatable bonds is 0. The van der Waals surface area contributed by atoms with Gasteiger partial charge in [-0.2, -0.15) is 0 Å². The van der Waals surface area contributed by atoms with Gasteiger partial charge in [-0.25, -0.2) is 0 Å². The van der Waals surface area contributed by atoms with Gasteiger partial charge in [0.2, 0.25) is 0 Å². The molecule has 9 aromatic rings. The van der Waals surface area contributed by atoms with Gasteiger partial charge in [0.05, 0.1) is 0 Å².